The fourth-order valence-electron chi connectivity index (χ4n) is 7.57. The van der Waals surface area contributed by atoms with Gasteiger partial charge in [-0.25, -0.2) is 0 Å². The van der Waals surface area contributed by atoms with Crippen LogP contribution >= 0.6 is 11.6 Å². The summed E-state index contributed by atoms with van der Waals surface area (Å²) in [6.07, 6.45) is 9.59. The molecule has 3 aromatic rings. The topological polar surface area (TPSA) is 9.23 Å². The molecule has 0 fully saturated rings. The third-order valence-corrected chi connectivity index (χ3v) is 18.2. The molecule has 0 spiro atoms. The Morgan fingerprint density at radius 2 is 1.59 bits per heavy atom. The van der Waals surface area contributed by atoms with Crippen LogP contribution in [-0.4, -0.2) is 7.11 Å². The molecule has 0 radical (unpaired) electrons. The van der Waals surface area contributed by atoms with E-state index < -0.39 is 16.6 Å². The van der Waals surface area contributed by atoms with Gasteiger partial charge in [0, 0.05) is 0 Å². The maximum absolute atomic E-state index is 6.54. The molecule has 0 atom stereocenters. The van der Waals surface area contributed by atoms with Gasteiger partial charge in [-0.2, -0.15) is 0 Å². The standard InChI is InChI=1S/C20H14ClO.C10H15.2C4H9.Ti/c1-22-19-10-9-16(13-5-3-2-4-6-13)18-12-14-11-15(21)7-8-17(14)20(18)19;1-8-5-6-9(7-8)10(2,3)4;2*1-3-4-2;/h2-8,10-11H,12H2,1H3;6H,5H2,1-4H3;2*1,3-4H2,2H3;. The second kappa shape index (κ2) is 12.3. The fourth-order valence-corrected chi connectivity index (χ4v) is 18.0. The molecule has 0 saturated carbocycles. The van der Waals surface area contributed by atoms with Crippen molar-refractivity contribution < 1.29 is 21.3 Å². The van der Waals surface area contributed by atoms with Crippen molar-refractivity contribution in [3.8, 4) is 28.0 Å². The van der Waals surface area contributed by atoms with Crippen LogP contribution in [0.25, 0.3) is 22.3 Å². The normalized spacial score (nSPS) is 14.8. The summed E-state index contributed by atoms with van der Waals surface area (Å²) < 4.78 is 12.4. The van der Waals surface area contributed by atoms with Gasteiger partial charge in [-0.15, -0.1) is 0 Å². The average molecular weight is 603 g/mol. The van der Waals surface area contributed by atoms with Crippen LogP contribution in [-0.2, 0) is 23.0 Å². The summed E-state index contributed by atoms with van der Waals surface area (Å²) in [5.41, 5.74) is 11.5. The third-order valence-electron chi connectivity index (χ3n) is 9.41. The minimum atomic E-state index is -3.00. The zero-order valence-corrected chi connectivity index (χ0v) is 28.5. The Hall–Kier alpha value is -2.06. The second-order valence-corrected chi connectivity index (χ2v) is 20.2. The number of allylic oxidation sites excluding steroid dienone is 4. The summed E-state index contributed by atoms with van der Waals surface area (Å²) in [6, 6.07) is 20.2. The molecular weight excluding hydrogens is 556 g/mol. The minimum absolute atomic E-state index is 0.128. The number of halogens is 1. The zero-order chi connectivity index (χ0) is 29.4. The first kappa shape index (κ1) is 30.4. The van der Waals surface area contributed by atoms with E-state index in [2.05, 4.69) is 96.1 Å². The number of unbranched alkanes of at least 4 members (excludes halogenated alkanes) is 2. The summed E-state index contributed by atoms with van der Waals surface area (Å²) in [5, 5.41) is 0.807. The molecule has 0 unspecified atom stereocenters. The van der Waals surface area contributed by atoms with Crippen LogP contribution in [0.5, 0.6) is 5.75 Å². The Bertz CT molecular complexity index is 1480. The van der Waals surface area contributed by atoms with Gasteiger partial charge in [0.2, 0.25) is 0 Å². The first-order valence-corrected chi connectivity index (χ1v) is 19.8. The van der Waals surface area contributed by atoms with Crippen LogP contribution in [0.4, 0.5) is 0 Å². The first-order chi connectivity index (χ1) is 19.7. The zero-order valence-electron chi connectivity index (χ0n) is 26.2. The van der Waals surface area contributed by atoms with Crippen molar-refractivity contribution in [2.24, 2.45) is 5.41 Å². The van der Waals surface area contributed by atoms with Gasteiger partial charge in [0.1, 0.15) is 0 Å². The number of ether oxygens (including phenoxy) is 1. The van der Waals surface area contributed by atoms with E-state index in [9.17, 15) is 0 Å². The van der Waals surface area contributed by atoms with Gasteiger partial charge < -0.3 is 0 Å². The molecular formula is C38H47ClOTi. The molecule has 0 amide bonds. The summed E-state index contributed by atoms with van der Waals surface area (Å²) in [4.78, 5) is 0. The quantitative estimate of drug-likeness (QED) is 0.164. The average Bonchev–Trinajstić information content (AvgIpc) is 3.54. The van der Waals surface area contributed by atoms with Crippen LogP contribution in [0.3, 0.4) is 0 Å². The van der Waals surface area contributed by atoms with Crippen molar-refractivity contribution in [1.82, 2.24) is 0 Å². The van der Waals surface area contributed by atoms with E-state index in [0.717, 1.165) is 23.6 Å². The summed E-state index contributed by atoms with van der Waals surface area (Å²) in [5.74, 6) is 1.04. The van der Waals surface area contributed by atoms with Gasteiger partial charge in [0.15, 0.2) is 0 Å². The number of rotatable bonds is 10. The molecule has 2 aliphatic rings. The van der Waals surface area contributed by atoms with Gasteiger partial charge in [-0.1, -0.05) is 0 Å². The molecule has 0 aliphatic heterocycles. The van der Waals surface area contributed by atoms with Gasteiger partial charge >= 0.3 is 259 Å². The van der Waals surface area contributed by atoms with Crippen LogP contribution in [0, 0.1) is 5.41 Å². The Kier molecular flexibility index (Phi) is 9.11. The van der Waals surface area contributed by atoms with Crippen molar-refractivity contribution in [1.29, 1.82) is 0 Å². The maximum atomic E-state index is 6.54. The van der Waals surface area contributed by atoms with Crippen molar-refractivity contribution in [2.75, 3.05) is 7.11 Å². The molecule has 0 aromatic heterocycles. The molecule has 2 aliphatic carbocycles. The van der Waals surface area contributed by atoms with Crippen molar-refractivity contribution in [2.45, 2.75) is 89.5 Å². The van der Waals surface area contributed by atoms with Crippen LogP contribution in [0.1, 0.15) is 84.8 Å². The Balaban J connectivity index is 1.91. The molecule has 0 saturated heterocycles. The van der Waals surface area contributed by atoms with E-state index in [1.165, 1.54) is 68.5 Å². The van der Waals surface area contributed by atoms with Crippen molar-refractivity contribution in [3.05, 3.63) is 91.8 Å². The molecule has 0 N–H and O–H groups in total. The van der Waals surface area contributed by atoms with E-state index in [1.807, 2.05) is 13.2 Å². The summed E-state index contributed by atoms with van der Waals surface area (Å²) in [6.45, 7) is 14.4. The Morgan fingerprint density at radius 1 is 0.902 bits per heavy atom. The number of hydrogen-bond donors (Lipinski definition) is 0. The van der Waals surface area contributed by atoms with Crippen LogP contribution in [0.15, 0.2) is 75.7 Å². The Labute approximate surface area is 257 Å². The van der Waals surface area contributed by atoms with Crippen LogP contribution in [0.2, 0.25) is 14.5 Å². The molecule has 3 aromatic carbocycles. The summed E-state index contributed by atoms with van der Waals surface area (Å²) in [7, 11) is 1.86. The first-order valence-electron chi connectivity index (χ1n) is 15.7. The van der Waals surface area contributed by atoms with E-state index in [-0.39, 0.29) is 5.41 Å². The predicted octanol–water partition coefficient (Wildman–Crippen LogP) is 11.5. The van der Waals surface area contributed by atoms with Crippen molar-refractivity contribution in [3.63, 3.8) is 0 Å². The van der Waals surface area contributed by atoms with Gasteiger partial charge in [-0.05, 0) is 0 Å². The molecule has 5 rings (SSSR count). The molecule has 3 heteroatoms. The SMILES string of the molecule is CCC[CH2][Ti]([CH2]CCC)([C]1=C(C)CC=C1C(C)(C)C)[c]1cc(OC)c2c(c1-c1ccccc1)Cc1cc(Cl)ccc1-2. The molecule has 41 heavy (non-hydrogen) atoms. The molecule has 0 bridgehead atoms. The van der Waals surface area contributed by atoms with Crippen LogP contribution < -0.4 is 8.61 Å². The molecule has 0 heterocycles. The Morgan fingerprint density at radius 3 is 2.20 bits per heavy atom. The predicted molar refractivity (Wildman–Crippen MR) is 176 cm³/mol. The van der Waals surface area contributed by atoms with E-state index >= 15 is 0 Å². The fraction of sp³-hybridized carbons (Fsp3) is 0.421. The van der Waals surface area contributed by atoms with E-state index in [0.29, 0.717) is 0 Å². The molecule has 216 valence electrons. The summed E-state index contributed by atoms with van der Waals surface area (Å²) >= 11 is 3.55. The third kappa shape index (κ3) is 5.55. The number of hydrogen-bond acceptors (Lipinski definition) is 1. The monoisotopic (exact) mass is 602 g/mol. The van der Waals surface area contributed by atoms with Gasteiger partial charge in [-0.3, -0.25) is 0 Å². The van der Waals surface area contributed by atoms with Gasteiger partial charge in [0.05, 0.1) is 0 Å². The van der Waals surface area contributed by atoms with E-state index in [4.69, 9.17) is 16.3 Å². The second-order valence-electron chi connectivity index (χ2n) is 13.2. The van der Waals surface area contributed by atoms with E-state index in [1.54, 1.807) is 18.9 Å². The number of methoxy groups -OCH3 is 1. The number of fused-ring (bicyclic) bond motifs is 3. The van der Waals surface area contributed by atoms with Crippen molar-refractivity contribution >= 4 is 15.5 Å². The number of benzene rings is 3. The van der Waals surface area contributed by atoms with Gasteiger partial charge in [0.25, 0.3) is 0 Å². The molecule has 1 nitrogen and oxygen atoms in total.